The van der Waals surface area contributed by atoms with Crippen molar-refractivity contribution in [1.29, 1.82) is 0 Å². The van der Waals surface area contributed by atoms with Crippen molar-refractivity contribution in [2.45, 2.75) is 230 Å². The molecule has 0 aromatic carbocycles. The van der Waals surface area contributed by atoms with E-state index in [1.807, 2.05) is 0 Å². The van der Waals surface area contributed by atoms with Gasteiger partial charge >= 0.3 is 11.9 Å². The summed E-state index contributed by atoms with van der Waals surface area (Å²) >= 11 is 0. The van der Waals surface area contributed by atoms with Crippen LogP contribution in [-0.4, -0.2) is 89.0 Å². The minimum atomic E-state index is -1.60. The van der Waals surface area contributed by atoms with Crippen LogP contribution in [0, 0.1) is 0 Å². The van der Waals surface area contributed by atoms with Crippen LogP contribution in [0.2, 0.25) is 0 Å². The fourth-order valence-electron chi connectivity index (χ4n) is 6.71. The predicted octanol–water partition coefficient (Wildman–Crippen LogP) is 9.33. The SMILES string of the molecule is CCCCCCCC/C=C\CCCCCCCC(=O)OCC(CO[C@@H]1O[C@H](CO)[C@@H](O)[C@H](O)[C@H]1O)OC(=O)CCCCCCC/C=C\CCCCCCCC. The van der Waals surface area contributed by atoms with E-state index < -0.39 is 49.4 Å². The minimum Gasteiger partial charge on any atom is -0.462 e. The van der Waals surface area contributed by atoms with Gasteiger partial charge in [0, 0.05) is 12.8 Å². The molecule has 1 aliphatic heterocycles. The average molecular weight is 783 g/mol. The van der Waals surface area contributed by atoms with Crippen molar-refractivity contribution < 1.29 is 49.0 Å². The Morgan fingerprint density at radius 2 is 0.964 bits per heavy atom. The van der Waals surface area contributed by atoms with Crippen LogP contribution in [0.15, 0.2) is 24.3 Å². The van der Waals surface area contributed by atoms with E-state index >= 15 is 0 Å². The molecule has 55 heavy (non-hydrogen) atoms. The van der Waals surface area contributed by atoms with Crippen molar-refractivity contribution in [3.8, 4) is 0 Å². The second-order valence-electron chi connectivity index (χ2n) is 15.5. The summed E-state index contributed by atoms with van der Waals surface area (Å²) < 4.78 is 22.1. The molecule has 10 heteroatoms. The number of aliphatic hydroxyl groups excluding tert-OH is 4. The first-order valence-corrected chi connectivity index (χ1v) is 22.4. The second kappa shape index (κ2) is 36.5. The standard InChI is InChI=1S/C45H82O10/c1-3-5-7-9-11-13-15-17-19-21-23-25-27-29-31-33-40(47)52-36-38(37-53-45-44(51)43(50)42(49)39(35-46)55-45)54-41(48)34-32-30-28-26-24-22-20-18-16-14-12-10-8-6-4-2/h17-20,38-39,42-46,49-51H,3-16,21-37H2,1-2H3/b19-17-,20-18-/t38?,39-,42-,43+,44-,45-/m1/s1. The van der Waals surface area contributed by atoms with Crippen LogP contribution in [0.4, 0.5) is 0 Å². The molecule has 1 unspecified atom stereocenters. The Morgan fingerprint density at radius 3 is 1.42 bits per heavy atom. The molecule has 10 nitrogen and oxygen atoms in total. The van der Waals surface area contributed by atoms with Crippen LogP contribution in [0.25, 0.3) is 0 Å². The van der Waals surface area contributed by atoms with Gasteiger partial charge in [0.2, 0.25) is 0 Å². The molecule has 0 bridgehead atoms. The average Bonchev–Trinajstić information content (AvgIpc) is 3.18. The number of aliphatic hydroxyl groups is 4. The van der Waals surface area contributed by atoms with Gasteiger partial charge in [-0.2, -0.15) is 0 Å². The van der Waals surface area contributed by atoms with Gasteiger partial charge in [-0.05, 0) is 64.2 Å². The van der Waals surface area contributed by atoms with Crippen molar-refractivity contribution in [3.05, 3.63) is 24.3 Å². The molecular weight excluding hydrogens is 700 g/mol. The molecule has 0 amide bonds. The highest BCUT2D eigenvalue weighted by Gasteiger charge is 2.44. The highest BCUT2D eigenvalue weighted by Crippen LogP contribution is 2.22. The lowest BCUT2D eigenvalue weighted by atomic mass is 9.99. The van der Waals surface area contributed by atoms with E-state index in [1.54, 1.807) is 0 Å². The molecule has 0 aromatic rings. The first-order chi connectivity index (χ1) is 26.8. The van der Waals surface area contributed by atoms with E-state index in [1.165, 1.54) is 89.9 Å². The molecule has 1 rings (SSSR count). The van der Waals surface area contributed by atoms with Crippen LogP contribution >= 0.6 is 0 Å². The molecule has 1 heterocycles. The van der Waals surface area contributed by atoms with Crippen LogP contribution in [-0.2, 0) is 28.5 Å². The number of allylic oxidation sites excluding steroid dienone is 4. The Labute approximate surface area is 334 Å². The summed E-state index contributed by atoms with van der Waals surface area (Å²) in [7, 11) is 0. The molecule has 0 radical (unpaired) electrons. The minimum absolute atomic E-state index is 0.220. The van der Waals surface area contributed by atoms with Gasteiger partial charge in [-0.3, -0.25) is 9.59 Å². The molecule has 1 fully saturated rings. The highest BCUT2D eigenvalue weighted by atomic mass is 16.7. The van der Waals surface area contributed by atoms with Crippen molar-refractivity contribution >= 4 is 11.9 Å². The van der Waals surface area contributed by atoms with Gasteiger partial charge in [-0.1, -0.05) is 141 Å². The number of carbonyl (C=O) groups is 2. The summed E-state index contributed by atoms with van der Waals surface area (Å²) in [6, 6.07) is 0. The lowest BCUT2D eigenvalue weighted by molar-refractivity contribution is -0.305. The maximum atomic E-state index is 12.8. The zero-order chi connectivity index (χ0) is 40.2. The lowest BCUT2D eigenvalue weighted by Crippen LogP contribution is -2.59. The number of carbonyl (C=O) groups excluding carboxylic acids is 2. The molecule has 0 aliphatic carbocycles. The number of ether oxygens (including phenoxy) is 4. The first-order valence-electron chi connectivity index (χ1n) is 22.4. The van der Waals surface area contributed by atoms with Crippen molar-refractivity contribution in [1.82, 2.24) is 0 Å². The summed E-state index contributed by atoms with van der Waals surface area (Å²) in [5, 5.41) is 40.0. The quantitative estimate of drug-likeness (QED) is 0.0273. The van der Waals surface area contributed by atoms with Gasteiger partial charge in [0.1, 0.15) is 31.0 Å². The van der Waals surface area contributed by atoms with Crippen molar-refractivity contribution in [2.24, 2.45) is 0 Å². The lowest BCUT2D eigenvalue weighted by Gasteiger charge is -2.39. The summed E-state index contributed by atoms with van der Waals surface area (Å²) in [6.07, 6.45) is 31.8. The molecule has 6 atom stereocenters. The van der Waals surface area contributed by atoms with Crippen LogP contribution in [0.3, 0.4) is 0 Å². The van der Waals surface area contributed by atoms with Gasteiger partial charge < -0.3 is 39.4 Å². The Bertz CT molecular complexity index is 954. The van der Waals surface area contributed by atoms with Crippen molar-refractivity contribution in [2.75, 3.05) is 19.8 Å². The van der Waals surface area contributed by atoms with Gasteiger partial charge in [0.25, 0.3) is 0 Å². The molecule has 0 saturated carbocycles. The Kier molecular flexibility index (Phi) is 34.0. The zero-order valence-corrected chi connectivity index (χ0v) is 34.9. The molecule has 0 aromatic heterocycles. The fourth-order valence-corrected chi connectivity index (χ4v) is 6.71. The molecule has 322 valence electrons. The van der Waals surface area contributed by atoms with Crippen LogP contribution < -0.4 is 0 Å². The van der Waals surface area contributed by atoms with E-state index in [-0.39, 0.29) is 32.0 Å². The maximum absolute atomic E-state index is 12.8. The number of hydrogen-bond donors (Lipinski definition) is 4. The molecular formula is C45H82O10. The van der Waals surface area contributed by atoms with Gasteiger partial charge in [0.15, 0.2) is 12.4 Å². The Morgan fingerprint density at radius 1 is 0.545 bits per heavy atom. The van der Waals surface area contributed by atoms with Crippen LogP contribution in [0.1, 0.15) is 194 Å². The topological polar surface area (TPSA) is 152 Å². The summed E-state index contributed by atoms with van der Waals surface area (Å²) in [5.74, 6) is -0.822. The van der Waals surface area contributed by atoms with Gasteiger partial charge in [-0.25, -0.2) is 0 Å². The third-order valence-electron chi connectivity index (χ3n) is 10.3. The van der Waals surface area contributed by atoms with Crippen LogP contribution in [0.5, 0.6) is 0 Å². The predicted molar refractivity (Wildman–Crippen MR) is 219 cm³/mol. The van der Waals surface area contributed by atoms with Gasteiger partial charge in [-0.15, -0.1) is 0 Å². The fraction of sp³-hybridized carbons (Fsp3) is 0.867. The molecule has 4 N–H and O–H groups in total. The van der Waals surface area contributed by atoms with Crippen molar-refractivity contribution in [3.63, 3.8) is 0 Å². The third kappa shape index (κ3) is 28.3. The van der Waals surface area contributed by atoms with E-state index in [9.17, 15) is 30.0 Å². The number of unbranched alkanes of at least 4 members (excludes halogenated alkanes) is 22. The number of hydrogen-bond acceptors (Lipinski definition) is 10. The number of esters is 2. The van der Waals surface area contributed by atoms with E-state index in [0.717, 1.165) is 64.2 Å². The van der Waals surface area contributed by atoms with E-state index in [2.05, 4.69) is 38.2 Å². The summed E-state index contributed by atoms with van der Waals surface area (Å²) in [4.78, 5) is 25.3. The molecule has 1 saturated heterocycles. The largest absolute Gasteiger partial charge is 0.462 e. The molecule has 0 spiro atoms. The monoisotopic (exact) mass is 783 g/mol. The second-order valence-corrected chi connectivity index (χ2v) is 15.5. The Hall–Kier alpha value is -1.82. The third-order valence-corrected chi connectivity index (χ3v) is 10.3. The smallest absolute Gasteiger partial charge is 0.306 e. The maximum Gasteiger partial charge on any atom is 0.306 e. The summed E-state index contributed by atoms with van der Waals surface area (Å²) in [5.41, 5.74) is 0. The summed E-state index contributed by atoms with van der Waals surface area (Å²) in [6.45, 7) is 3.40. The first kappa shape index (κ1) is 51.2. The number of rotatable bonds is 37. The normalized spacial score (nSPS) is 20.7. The highest BCUT2D eigenvalue weighted by molar-refractivity contribution is 5.70. The zero-order valence-electron chi connectivity index (χ0n) is 34.9. The van der Waals surface area contributed by atoms with Gasteiger partial charge in [0.05, 0.1) is 13.2 Å². The van der Waals surface area contributed by atoms with E-state index in [0.29, 0.717) is 12.8 Å². The Balaban J connectivity index is 2.34. The molecule has 1 aliphatic rings. The van der Waals surface area contributed by atoms with E-state index in [4.69, 9.17) is 18.9 Å².